The highest BCUT2D eigenvalue weighted by atomic mass is 28.4. The molecule has 0 amide bonds. The second kappa shape index (κ2) is 24.2. The molecular formula is C54H96O11Si3. The summed E-state index contributed by atoms with van der Waals surface area (Å²) in [5.74, 6) is 1.58. The van der Waals surface area contributed by atoms with Crippen LogP contribution in [0.4, 0.5) is 0 Å². The molecule has 1 saturated heterocycles. The van der Waals surface area contributed by atoms with E-state index >= 15 is 0 Å². The van der Waals surface area contributed by atoms with Crippen LogP contribution in [-0.2, 0) is 37.0 Å². The molecular weight excluding hydrogens is 909 g/mol. The van der Waals surface area contributed by atoms with Crippen LogP contribution in [0.25, 0.3) is 16.5 Å². The van der Waals surface area contributed by atoms with Gasteiger partial charge in [0.2, 0.25) is 25.0 Å². The first-order chi connectivity index (χ1) is 31.8. The van der Waals surface area contributed by atoms with E-state index in [-0.39, 0.29) is 18.0 Å². The molecule has 2 aliphatic heterocycles. The number of hydrogen-bond acceptors (Lipinski definition) is 11. The van der Waals surface area contributed by atoms with Gasteiger partial charge in [-0.15, -0.1) is 0 Å². The van der Waals surface area contributed by atoms with Gasteiger partial charge in [-0.05, 0) is 79.7 Å². The van der Waals surface area contributed by atoms with Crippen LogP contribution in [0.2, 0.25) is 49.9 Å². The zero-order chi connectivity index (χ0) is 51.4. The molecule has 0 aromatic heterocycles. The number of benzene rings is 2. The molecule has 1 N–H and O–H groups in total. The van der Waals surface area contributed by atoms with E-state index in [4.69, 9.17) is 46.4 Å². The van der Waals surface area contributed by atoms with Crippen molar-refractivity contribution in [2.75, 3.05) is 48.8 Å². The predicted octanol–water partition coefficient (Wildman–Crippen LogP) is 14.1. The van der Waals surface area contributed by atoms with Crippen molar-refractivity contribution >= 4 is 41.5 Å². The zero-order valence-corrected chi connectivity index (χ0v) is 49.7. The standard InChI is InChI=1S/C54H96O11Si3/c1-31(2)66(32(3)4,33(5)6)61-30-49-54(65-68(37(13)14,38(15)16)39(17)18)47(64-67(34(7)8,35(9)10)36(11)12)28-45(63-49)41-26-40(44-27-46(59-22)53(60-23)48(62-44)29-56-19)50-42(57-20)24-25-43(58-21)51(50)52(41)55/h24-26,28,31-39,44,46-49,53-55H,27,29-30H2,1-23H3/t44-,46-,47-,48-,49-,53+,54+/m1/s1. The van der Waals surface area contributed by atoms with Crippen molar-refractivity contribution in [2.45, 2.75) is 224 Å². The first kappa shape index (κ1) is 58.6. The summed E-state index contributed by atoms with van der Waals surface area (Å²) in [5.41, 5.74) is 4.19. The fourth-order valence-corrected chi connectivity index (χ4v) is 30.0. The first-order valence-corrected chi connectivity index (χ1v) is 32.2. The van der Waals surface area contributed by atoms with Crippen molar-refractivity contribution in [1.82, 2.24) is 0 Å². The van der Waals surface area contributed by atoms with Gasteiger partial charge in [-0.2, -0.15) is 0 Å². The van der Waals surface area contributed by atoms with Crippen LogP contribution in [0.5, 0.6) is 17.2 Å². The van der Waals surface area contributed by atoms with Gasteiger partial charge in [0, 0.05) is 33.1 Å². The van der Waals surface area contributed by atoms with Gasteiger partial charge in [0.05, 0.1) is 56.7 Å². The maximum Gasteiger partial charge on any atom is 0.201 e. The average Bonchev–Trinajstić information content (AvgIpc) is 3.26. The number of fused-ring (bicyclic) bond motifs is 1. The van der Waals surface area contributed by atoms with Crippen LogP contribution < -0.4 is 9.47 Å². The van der Waals surface area contributed by atoms with E-state index in [9.17, 15) is 5.11 Å². The third kappa shape index (κ3) is 11.0. The molecule has 0 spiro atoms. The van der Waals surface area contributed by atoms with Crippen molar-refractivity contribution in [3.63, 3.8) is 0 Å². The molecule has 68 heavy (non-hydrogen) atoms. The number of phenolic OH excluding ortho intramolecular Hbond substituents is 1. The summed E-state index contributed by atoms with van der Waals surface area (Å²) >= 11 is 0. The Balaban J connectivity index is 2.21. The van der Waals surface area contributed by atoms with Gasteiger partial charge in [-0.25, -0.2) is 0 Å². The molecule has 0 bridgehead atoms. The van der Waals surface area contributed by atoms with Crippen molar-refractivity contribution in [3.05, 3.63) is 35.4 Å². The lowest BCUT2D eigenvalue weighted by molar-refractivity contribution is -0.200. The van der Waals surface area contributed by atoms with Gasteiger partial charge in [0.25, 0.3) is 0 Å². The third-order valence-corrected chi connectivity index (χ3v) is 34.5. The van der Waals surface area contributed by atoms with E-state index in [1.165, 1.54) is 0 Å². The van der Waals surface area contributed by atoms with Crippen LogP contribution in [0.1, 0.15) is 148 Å². The Bertz CT molecular complexity index is 1880. The maximum atomic E-state index is 12.9. The summed E-state index contributed by atoms with van der Waals surface area (Å²) in [6.07, 6.45) is -0.630. The molecule has 11 nitrogen and oxygen atoms in total. The van der Waals surface area contributed by atoms with E-state index in [0.29, 0.717) is 103 Å². The van der Waals surface area contributed by atoms with Gasteiger partial charge < -0.3 is 51.5 Å². The quantitative estimate of drug-likeness (QED) is 0.101. The molecule has 0 radical (unpaired) electrons. The van der Waals surface area contributed by atoms with Crippen LogP contribution >= 0.6 is 0 Å². The Labute approximate surface area is 416 Å². The summed E-state index contributed by atoms with van der Waals surface area (Å²) in [5, 5.41) is 14.1. The molecule has 7 atom stereocenters. The van der Waals surface area contributed by atoms with Crippen molar-refractivity contribution < 1.29 is 51.5 Å². The van der Waals surface area contributed by atoms with Crippen molar-refractivity contribution in [3.8, 4) is 17.2 Å². The average molecular weight is 1010 g/mol. The van der Waals surface area contributed by atoms with E-state index in [1.807, 2.05) is 18.2 Å². The molecule has 1 fully saturated rings. The first-order valence-electron chi connectivity index (χ1n) is 25.8. The van der Waals surface area contributed by atoms with Gasteiger partial charge >= 0.3 is 0 Å². The molecule has 2 aliphatic rings. The lowest BCUT2D eigenvalue weighted by atomic mass is 9.88. The summed E-state index contributed by atoms with van der Waals surface area (Å²) < 4.78 is 68.0. The Hall–Kier alpha value is -1.99. The Morgan fingerprint density at radius 1 is 0.574 bits per heavy atom. The molecule has 390 valence electrons. The third-order valence-electron chi connectivity index (χ3n) is 16.3. The highest BCUT2D eigenvalue weighted by molar-refractivity contribution is 6.78. The minimum Gasteiger partial charge on any atom is -0.506 e. The Morgan fingerprint density at radius 3 is 1.47 bits per heavy atom. The second-order valence-electron chi connectivity index (χ2n) is 22.5. The van der Waals surface area contributed by atoms with Gasteiger partial charge in [0.1, 0.15) is 47.4 Å². The summed E-state index contributed by atoms with van der Waals surface area (Å²) in [7, 11) is 0.692. The molecule has 14 heteroatoms. The summed E-state index contributed by atoms with van der Waals surface area (Å²) in [6.45, 7) is 42.6. The molecule has 2 heterocycles. The Morgan fingerprint density at radius 2 is 1.04 bits per heavy atom. The fourth-order valence-electron chi connectivity index (χ4n) is 13.5. The minimum absolute atomic E-state index is 0.0106. The van der Waals surface area contributed by atoms with E-state index in [1.54, 1.807) is 35.5 Å². The second-order valence-corrected chi connectivity index (χ2v) is 38.8. The minimum atomic E-state index is -2.60. The molecule has 2 aromatic rings. The van der Waals surface area contributed by atoms with Gasteiger partial charge in [-0.3, -0.25) is 0 Å². The largest absolute Gasteiger partial charge is 0.506 e. The lowest BCUT2D eigenvalue weighted by Gasteiger charge is -2.52. The van der Waals surface area contributed by atoms with E-state index < -0.39 is 55.5 Å². The number of phenols is 1. The van der Waals surface area contributed by atoms with Crippen LogP contribution in [0, 0.1) is 0 Å². The lowest BCUT2D eigenvalue weighted by Crippen LogP contribution is -2.61. The van der Waals surface area contributed by atoms with Gasteiger partial charge in [-0.1, -0.05) is 125 Å². The number of ether oxygens (including phenoxy) is 7. The van der Waals surface area contributed by atoms with Crippen molar-refractivity contribution in [2.24, 2.45) is 0 Å². The topological polar surface area (TPSA) is 113 Å². The molecule has 0 unspecified atom stereocenters. The molecule has 4 rings (SSSR count). The summed E-state index contributed by atoms with van der Waals surface area (Å²) in [6, 6.07) is 5.72. The number of aromatic hydroxyl groups is 1. The zero-order valence-electron chi connectivity index (χ0n) is 46.7. The number of methoxy groups -OCH3 is 5. The number of hydrogen-bond donors (Lipinski definition) is 1. The SMILES string of the molecule is COC[C@H]1O[C@@H](c2cc(C3=C[C@@H](O[Si](C(C)C)(C(C)C)C(C)C)[C@H](O[Si](C(C)C)(C(C)C)C(C)C)[C@@H](CO[Si](C(C)C)(C(C)C)C(C)C)O3)c(O)c3c(OC)ccc(OC)c23)C[C@@H](OC)[C@@H]1OC. The fraction of sp³-hybridized carbons (Fsp3) is 0.778. The molecule has 0 saturated carbocycles. The monoisotopic (exact) mass is 1000 g/mol. The molecule has 2 aromatic carbocycles. The summed E-state index contributed by atoms with van der Waals surface area (Å²) in [4.78, 5) is 0. The normalized spacial score (nSPS) is 23.4. The van der Waals surface area contributed by atoms with Crippen LogP contribution in [0.3, 0.4) is 0 Å². The predicted molar refractivity (Wildman–Crippen MR) is 286 cm³/mol. The van der Waals surface area contributed by atoms with E-state index in [2.05, 4.69) is 131 Å². The highest BCUT2D eigenvalue weighted by Crippen LogP contribution is 2.53. The van der Waals surface area contributed by atoms with Crippen LogP contribution in [-0.4, -0.2) is 115 Å². The molecule has 0 aliphatic carbocycles. The van der Waals surface area contributed by atoms with Crippen LogP contribution in [0.15, 0.2) is 24.3 Å². The maximum absolute atomic E-state index is 12.9. The number of rotatable bonds is 24. The smallest absolute Gasteiger partial charge is 0.201 e. The van der Waals surface area contributed by atoms with E-state index in [0.717, 1.165) is 5.56 Å². The van der Waals surface area contributed by atoms with Crippen molar-refractivity contribution in [1.29, 1.82) is 0 Å². The highest BCUT2D eigenvalue weighted by Gasteiger charge is 2.55. The van der Waals surface area contributed by atoms with Gasteiger partial charge in [0.15, 0.2) is 0 Å². The Kier molecular flexibility index (Phi) is 20.8.